The first-order valence-corrected chi connectivity index (χ1v) is 24.1. The Morgan fingerprint density at radius 3 is 1.39 bits per heavy atom. The second-order valence-electron chi connectivity index (χ2n) is 16.0. The Morgan fingerprint density at radius 2 is 0.955 bits per heavy atom. The van der Waals surface area contributed by atoms with E-state index in [4.69, 9.17) is 19.4 Å². The molecule has 0 fully saturated rings. The summed E-state index contributed by atoms with van der Waals surface area (Å²) in [6, 6.07) is 48.3. The van der Waals surface area contributed by atoms with Gasteiger partial charge in [-0.1, -0.05) is 141 Å². The van der Waals surface area contributed by atoms with Crippen LogP contribution >= 0.6 is 0 Å². The van der Waals surface area contributed by atoms with Crippen LogP contribution in [0.1, 0.15) is 49.8 Å². The minimum absolute atomic E-state index is 0.0742. The lowest BCUT2D eigenvalue weighted by Gasteiger charge is -2.10. The second kappa shape index (κ2) is 24.9. The fourth-order valence-electron chi connectivity index (χ4n) is 7.29. The first-order valence-electron chi connectivity index (χ1n) is 22.7. The molecular formula is C56H60F2N2O5S. The van der Waals surface area contributed by atoms with Crippen LogP contribution in [0.2, 0.25) is 0 Å². The number of ether oxygens (including phenoxy) is 2. The van der Waals surface area contributed by atoms with E-state index in [1.165, 1.54) is 29.3 Å². The van der Waals surface area contributed by atoms with Crippen molar-refractivity contribution in [2.45, 2.75) is 57.8 Å². The molecule has 0 aliphatic rings. The van der Waals surface area contributed by atoms with Gasteiger partial charge in [-0.25, -0.2) is 8.78 Å². The highest BCUT2D eigenvalue weighted by Gasteiger charge is 2.15. The minimum Gasteiger partial charge on any atom is -0.492 e. The second-order valence-corrected chi connectivity index (χ2v) is 17.6. The van der Waals surface area contributed by atoms with Gasteiger partial charge in [-0.2, -0.15) is 8.42 Å². The standard InChI is InChI=1S/C30H29FO4S.C26H31FN2O/c1-3-4-23-7-9-25(10-8-23)29-18-13-26(21-30(29)31)24-11-14-27(15-12-24)34-19-20-35-36(32,33)28-16-5-22(2)6-17-28;1-2-4-20-5-7-22(8-6-20)25-14-11-23(19-26(25)27)21-9-12-24(13-10-21)30-18-17-29-16-3-15-28/h5-18,21H,3-4,19-20H2,1-2H3;5-14,19,29H,2-4,15-18,28H2,1H3. The summed E-state index contributed by atoms with van der Waals surface area (Å²) in [4.78, 5) is 0.115. The summed E-state index contributed by atoms with van der Waals surface area (Å²) < 4.78 is 70.6. The van der Waals surface area contributed by atoms with Gasteiger partial charge in [-0.05, 0) is 132 Å². The molecule has 0 amide bonds. The zero-order valence-corrected chi connectivity index (χ0v) is 38.9. The van der Waals surface area contributed by atoms with Gasteiger partial charge in [-0.15, -0.1) is 0 Å². The van der Waals surface area contributed by atoms with Crippen molar-refractivity contribution >= 4 is 10.1 Å². The molecule has 7 aromatic rings. The molecular weight excluding hydrogens is 851 g/mol. The van der Waals surface area contributed by atoms with Gasteiger partial charge in [0.05, 0.1) is 4.90 Å². The summed E-state index contributed by atoms with van der Waals surface area (Å²) in [5.41, 5.74) is 15.4. The molecule has 344 valence electrons. The third-order valence-electron chi connectivity index (χ3n) is 10.9. The maximum absolute atomic E-state index is 14.9. The Labute approximate surface area is 389 Å². The molecule has 0 aromatic heterocycles. The third-order valence-corrected chi connectivity index (χ3v) is 12.3. The number of nitrogens with one attached hydrogen (secondary N) is 1. The average molecular weight is 911 g/mol. The lowest BCUT2D eigenvalue weighted by molar-refractivity contribution is 0.221. The van der Waals surface area contributed by atoms with Crippen LogP contribution < -0.4 is 20.5 Å². The van der Waals surface area contributed by atoms with E-state index >= 15 is 0 Å². The van der Waals surface area contributed by atoms with Gasteiger partial charge in [-0.3, -0.25) is 4.18 Å². The largest absolute Gasteiger partial charge is 0.492 e. The summed E-state index contributed by atoms with van der Waals surface area (Å²) in [5.74, 6) is 0.894. The van der Waals surface area contributed by atoms with Crippen LogP contribution in [0.25, 0.3) is 44.5 Å². The van der Waals surface area contributed by atoms with E-state index in [1.54, 1.807) is 36.4 Å². The number of aryl methyl sites for hydroxylation is 3. The topological polar surface area (TPSA) is 99.9 Å². The Bertz CT molecular complexity index is 2670. The van der Waals surface area contributed by atoms with Crippen molar-refractivity contribution in [1.29, 1.82) is 0 Å². The van der Waals surface area contributed by atoms with Crippen molar-refractivity contribution in [3.8, 4) is 56.0 Å². The lowest BCUT2D eigenvalue weighted by atomic mass is 9.98. The summed E-state index contributed by atoms with van der Waals surface area (Å²) >= 11 is 0. The zero-order valence-electron chi connectivity index (χ0n) is 38.1. The molecule has 0 spiro atoms. The smallest absolute Gasteiger partial charge is 0.297 e. The first-order chi connectivity index (χ1) is 32.1. The molecule has 7 aromatic carbocycles. The summed E-state index contributed by atoms with van der Waals surface area (Å²) in [5, 5.41) is 3.28. The predicted octanol–water partition coefficient (Wildman–Crippen LogP) is 12.6. The first kappa shape index (κ1) is 49.3. The van der Waals surface area contributed by atoms with Crippen molar-refractivity contribution < 1.29 is 30.9 Å². The van der Waals surface area contributed by atoms with Crippen LogP contribution in [-0.4, -0.2) is 47.9 Å². The molecule has 0 aliphatic carbocycles. The van der Waals surface area contributed by atoms with Crippen molar-refractivity contribution in [1.82, 2.24) is 5.32 Å². The van der Waals surface area contributed by atoms with Gasteiger partial charge in [0, 0.05) is 17.7 Å². The maximum atomic E-state index is 14.9. The van der Waals surface area contributed by atoms with Crippen LogP contribution in [0.4, 0.5) is 8.78 Å². The molecule has 0 saturated carbocycles. The van der Waals surface area contributed by atoms with Gasteiger partial charge in [0.15, 0.2) is 0 Å². The molecule has 0 atom stereocenters. The van der Waals surface area contributed by atoms with E-state index in [9.17, 15) is 17.2 Å². The van der Waals surface area contributed by atoms with Gasteiger partial charge in [0.25, 0.3) is 10.1 Å². The van der Waals surface area contributed by atoms with Gasteiger partial charge >= 0.3 is 0 Å². The van der Waals surface area contributed by atoms with E-state index < -0.39 is 10.1 Å². The highest BCUT2D eigenvalue weighted by Crippen LogP contribution is 2.31. The van der Waals surface area contributed by atoms with Crippen LogP contribution in [0.15, 0.2) is 163 Å². The highest BCUT2D eigenvalue weighted by molar-refractivity contribution is 7.86. The predicted molar refractivity (Wildman–Crippen MR) is 264 cm³/mol. The Kier molecular flexibility index (Phi) is 18.6. The Balaban J connectivity index is 0.000000222. The van der Waals surface area contributed by atoms with Crippen LogP contribution in [0, 0.1) is 18.6 Å². The molecule has 0 aliphatic heterocycles. The molecule has 3 N–H and O–H groups in total. The number of halogens is 2. The van der Waals surface area contributed by atoms with Crippen molar-refractivity contribution in [3.05, 3.63) is 186 Å². The van der Waals surface area contributed by atoms with Crippen molar-refractivity contribution in [2.24, 2.45) is 5.73 Å². The van der Waals surface area contributed by atoms with Gasteiger partial charge in [0.2, 0.25) is 0 Å². The molecule has 66 heavy (non-hydrogen) atoms. The van der Waals surface area contributed by atoms with Gasteiger partial charge in [0.1, 0.15) is 43.0 Å². The maximum Gasteiger partial charge on any atom is 0.297 e. The van der Waals surface area contributed by atoms with E-state index in [0.29, 0.717) is 30.0 Å². The Morgan fingerprint density at radius 1 is 0.515 bits per heavy atom. The molecule has 0 radical (unpaired) electrons. The SMILES string of the molecule is CCCc1ccc(-c2ccc(-c3ccc(OCCNCCCN)cc3)cc2F)cc1.CCCc1ccc(-c2ccc(-c3ccc(OCCOS(=O)(=O)c4ccc(C)cc4)cc3)cc2F)cc1. The number of hydrogen-bond donors (Lipinski definition) is 2. The van der Waals surface area contributed by atoms with Crippen LogP contribution in [0.3, 0.4) is 0 Å². The molecule has 0 heterocycles. The van der Waals surface area contributed by atoms with E-state index in [2.05, 4.69) is 31.3 Å². The van der Waals surface area contributed by atoms with Gasteiger partial charge < -0.3 is 20.5 Å². The lowest BCUT2D eigenvalue weighted by Crippen LogP contribution is -2.23. The molecule has 0 unspecified atom stereocenters. The van der Waals surface area contributed by atoms with Crippen LogP contribution in [-0.2, 0) is 27.1 Å². The monoisotopic (exact) mass is 910 g/mol. The fourth-order valence-corrected chi connectivity index (χ4v) is 8.19. The third kappa shape index (κ3) is 14.4. The summed E-state index contributed by atoms with van der Waals surface area (Å²) in [6.07, 6.45) is 5.22. The summed E-state index contributed by atoms with van der Waals surface area (Å²) in [6.45, 7) is 9.14. The van der Waals surface area contributed by atoms with Crippen molar-refractivity contribution in [3.63, 3.8) is 0 Å². The zero-order chi connectivity index (χ0) is 46.7. The molecule has 7 rings (SSSR count). The highest BCUT2D eigenvalue weighted by atomic mass is 32.2. The quantitative estimate of drug-likeness (QED) is 0.0547. The van der Waals surface area contributed by atoms with E-state index in [0.717, 1.165) is 89.9 Å². The molecule has 7 nitrogen and oxygen atoms in total. The van der Waals surface area contributed by atoms with E-state index in [-0.39, 0.29) is 29.7 Å². The minimum atomic E-state index is -3.82. The molecule has 10 heteroatoms. The van der Waals surface area contributed by atoms with Crippen molar-refractivity contribution in [2.75, 3.05) is 39.5 Å². The fraction of sp³-hybridized carbons (Fsp3) is 0.250. The average Bonchev–Trinajstić information content (AvgIpc) is 3.33. The molecule has 0 bridgehead atoms. The van der Waals surface area contributed by atoms with Crippen LogP contribution in [0.5, 0.6) is 11.5 Å². The Hall–Kier alpha value is -6.17. The van der Waals surface area contributed by atoms with E-state index in [1.807, 2.05) is 97.9 Å². The number of hydrogen-bond acceptors (Lipinski definition) is 7. The number of rotatable bonds is 21. The normalized spacial score (nSPS) is 11.2. The number of benzene rings is 7. The summed E-state index contributed by atoms with van der Waals surface area (Å²) in [7, 11) is -3.82. The number of nitrogens with two attached hydrogens (primary N) is 1. The molecule has 0 saturated heterocycles.